The molecule has 3 heterocycles. The number of nitrogens with two attached hydrogens (primary N) is 1. The van der Waals surface area contributed by atoms with E-state index in [0.717, 1.165) is 5.39 Å². The van der Waals surface area contributed by atoms with E-state index < -0.39 is 26.4 Å². The Balaban J connectivity index is 1.77. The number of nitrogens with zero attached hydrogens (tertiary/aromatic N) is 3. The van der Waals surface area contributed by atoms with Gasteiger partial charge in [-0.3, -0.25) is 9.98 Å². The van der Waals surface area contributed by atoms with E-state index in [-0.39, 0.29) is 17.2 Å². The third-order valence-electron chi connectivity index (χ3n) is 5.19. The number of anilines is 2. The number of aliphatic imine (C=N–C) groups is 1. The minimum Gasteiger partial charge on any atom is -0.386 e. The summed E-state index contributed by atoms with van der Waals surface area (Å²) in [4.78, 5) is 12.9. The summed E-state index contributed by atoms with van der Waals surface area (Å²) < 4.78 is 39.8. The van der Waals surface area contributed by atoms with Crippen LogP contribution in [0.25, 0.3) is 10.9 Å². The van der Waals surface area contributed by atoms with E-state index in [9.17, 15) is 12.8 Å². The maximum atomic E-state index is 14.7. The molecule has 7 nitrogen and oxygen atoms in total. The molecule has 0 spiro atoms. The lowest BCUT2D eigenvalue weighted by molar-refractivity contribution is 0.486. The molecule has 3 N–H and O–H groups in total. The van der Waals surface area contributed by atoms with Gasteiger partial charge in [-0.25, -0.2) is 17.8 Å². The van der Waals surface area contributed by atoms with Crippen molar-refractivity contribution in [2.45, 2.75) is 24.6 Å². The molecule has 1 aliphatic rings. The number of hydrogen-bond acceptors (Lipinski definition) is 7. The highest BCUT2D eigenvalue weighted by Gasteiger charge is 2.42. The van der Waals surface area contributed by atoms with Gasteiger partial charge in [0.25, 0.3) is 0 Å². The molecular formula is C20H19ClFN5O2S. The van der Waals surface area contributed by atoms with Crippen molar-refractivity contribution in [1.29, 1.82) is 0 Å². The van der Waals surface area contributed by atoms with Gasteiger partial charge in [-0.1, -0.05) is 11.6 Å². The molecule has 0 aliphatic carbocycles. The molecule has 1 aromatic carbocycles. The molecule has 2 aromatic heterocycles. The van der Waals surface area contributed by atoms with Gasteiger partial charge >= 0.3 is 0 Å². The van der Waals surface area contributed by atoms with Gasteiger partial charge in [0, 0.05) is 29.0 Å². The van der Waals surface area contributed by atoms with Crippen LogP contribution in [-0.2, 0) is 15.4 Å². The highest BCUT2D eigenvalue weighted by atomic mass is 35.5. The van der Waals surface area contributed by atoms with Crippen molar-refractivity contribution in [3.8, 4) is 0 Å². The molecule has 0 fully saturated rings. The number of rotatable bonds is 3. The SMILES string of the molecule is C[C@@H]1C(N)=N[C@](C)(c2cc(Nc3nccc4cc(Cl)cnc34)ccc2F)CS1(=O)=O. The maximum absolute atomic E-state index is 14.7. The molecule has 30 heavy (non-hydrogen) atoms. The normalized spacial score (nSPS) is 23.2. The van der Waals surface area contributed by atoms with Gasteiger partial charge < -0.3 is 11.1 Å². The number of aromatic nitrogens is 2. The lowest BCUT2D eigenvalue weighted by Crippen LogP contribution is -2.47. The third-order valence-corrected chi connectivity index (χ3v) is 7.68. The van der Waals surface area contributed by atoms with Crippen LogP contribution < -0.4 is 11.1 Å². The van der Waals surface area contributed by atoms with Crippen LogP contribution >= 0.6 is 11.6 Å². The van der Waals surface area contributed by atoms with Crippen LogP contribution in [0.3, 0.4) is 0 Å². The van der Waals surface area contributed by atoms with Crippen molar-refractivity contribution in [3.63, 3.8) is 0 Å². The molecule has 0 amide bonds. The average molecular weight is 448 g/mol. The van der Waals surface area contributed by atoms with E-state index in [0.29, 0.717) is 22.0 Å². The zero-order valence-electron chi connectivity index (χ0n) is 16.2. The standard InChI is InChI=1S/C20H19ClFN5O2S/c1-11-18(23)27-20(2,10-30(11,28)29)15-8-14(3-4-16(15)22)26-19-17-12(5-6-24-19)7-13(21)9-25-17/h3-9,11H,10H2,1-2H3,(H2,23,27)(H,24,26)/t11-,20+/m1/s1. The largest absolute Gasteiger partial charge is 0.386 e. The molecule has 0 saturated carbocycles. The minimum absolute atomic E-state index is 0.0293. The van der Waals surface area contributed by atoms with E-state index in [4.69, 9.17) is 17.3 Å². The second-order valence-corrected chi connectivity index (χ2v) is 10.2. The van der Waals surface area contributed by atoms with Crippen molar-refractivity contribution < 1.29 is 12.8 Å². The highest BCUT2D eigenvalue weighted by molar-refractivity contribution is 7.92. The van der Waals surface area contributed by atoms with E-state index in [2.05, 4.69) is 20.3 Å². The second-order valence-electron chi connectivity index (χ2n) is 7.46. The predicted molar refractivity (Wildman–Crippen MR) is 116 cm³/mol. The van der Waals surface area contributed by atoms with Crippen molar-refractivity contribution in [2.75, 3.05) is 11.1 Å². The number of hydrogen-bond donors (Lipinski definition) is 2. The van der Waals surface area contributed by atoms with Gasteiger partial charge in [0.05, 0.1) is 10.8 Å². The summed E-state index contributed by atoms with van der Waals surface area (Å²) >= 11 is 6.00. The molecule has 2 atom stereocenters. The van der Waals surface area contributed by atoms with Gasteiger partial charge in [0.15, 0.2) is 15.7 Å². The summed E-state index contributed by atoms with van der Waals surface area (Å²) in [5, 5.41) is 3.51. The van der Waals surface area contributed by atoms with Crippen molar-refractivity contribution in [3.05, 3.63) is 59.1 Å². The number of amidine groups is 1. The summed E-state index contributed by atoms with van der Waals surface area (Å²) in [5.41, 5.74) is 5.75. The first-order chi connectivity index (χ1) is 14.1. The summed E-state index contributed by atoms with van der Waals surface area (Å²) in [6, 6.07) is 7.86. The fraction of sp³-hybridized carbons (Fsp3) is 0.250. The lowest BCUT2D eigenvalue weighted by atomic mass is 9.93. The number of nitrogens with one attached hydrogen (secondary N) is 1. The summed E-state index contributed by atoms with van der Waals surface area (Å²) in [5.74, 6) is -0.479. The Hall–Kier alpha value is -2.78. The molecule has 0 bridgehead atoms. The molecule has 4 rings (SSSR count). The summed E-state index contributed by atoms with van der Waals surface area (Å²) in [6.07, 6.45) is 3.12. The number of sulfone groups is 1. The van der Waals surface area contributed by atoms with Crippen LogP contribution in [0.4, 0.5) is 15.9 Å². The van der Waals surface area contributed by atoms with E-state index in [1.54, 1.807) is 25.3 Å². The zero-order chi connectivity index (χ0) is 21.7. The van der Waals surface area contributed by atoms with Crippen LogP contribution in [0.5, 0.6) is 0 Å². The van der Waals surface area contributed by atoms with E-state index >= 15 is 0 Å². The predicted octanol–water partition coefficient (Wildman–Crippen LogP) is 3.56. The number of fused-ring (bicyclic) bond motifs is 1. The fourth-order valence-electron chi connectivity index (χ4n) is 3.52. The Kier molecular flexibility index (Phi) is 4.90. The Morgan fingerprint density at radius 1 is 1.27 bits per heavy atom. The topological polar surface area (TPSA) is 110 Å². The fourth-order valence-corrected chi connectivity index (χ4v) is 5.36. The number of benzene rings is 1. The van der Waals surface area contributed by atoms with Gasteiger partial charge in [-0.2, -0.15) is 0 Å². The first-order valence-corrected chi connectivity index (χ1v) is 11.2. The second kappa shape index (κ2) is 7.17. The Bertz CT molecular complexity index is 1300. The van der Waals surface area contributed by atoms with Gasteiger partial charge in [0.2, 0.25) is 0 Å². The van der Waals surface area contributed by atoms with Crippen molar-refractivity contribution in [2.24, 2.45) is 10.7 Å². The Labute approximate surface area is 178 Å². The van der Waals surface area contributed by atoms with E-state index in [1.165, 1.54) is 31.3 Å². The minimum atomic E-state index is -3.57. The van der Waals surface area contributed by atoms with Gasteiger partial charge in [-0.05, 0) is 44.2 Å². The van der Waals surface area contributed by atoms with Crippen LogP contribution in [0.1, 0.15) is 19.4 Å². The zero-order valence-corrected chi connectivity index (χ0v) is 17.8. The average Bonchev–Trinajstić information content (AvgIpc) is 2.67. The molecule has 1 aliphatic heterocycles. The summed E-state index contributed by atoms with van der Waals surface area (Å²) in [7, 11) is -3.57. The van der Waals surface area contributed by atoms with Crippen LogP contribution in [0.15, 0.2) is 47.7 Å². The third kappa shape index (κ3) is 3.59. The first-order valence-electron chi connectivity index (χ1n) is 9.13. The number of halogens is 2. The molecule has 156 valence electrons. The highest BCUT2D eigenvalue weighted by Crippen LogP contribution is 2.36. The Morgan fingerprint density at radius 3 is 2.77 bits per heavy atom. The van der Waals surface area contributed by atoms with Crippen LogP contribution in [-0.4, -0.2) is 35.2 Å². The maximum Gasteiger partial charge on any atom is 0.162 e. The molecule has 0 saturated heterocycles. The number of pyridine rings is 2. The van der Waals surface area contributed by atoms with Crippen LogP contribution in [0.2, 0.25) is 5.02 Å². The molecular weight excluding hydrogens is 429 g/mol. The molecule has 3 aromatic rings. The summed E-state index contributed by atoms with van der Waals surface area (Å²) in [6.45, 7) is 3.04. The molecule has 0 unspecified atom stereocenters. The van der Waals surface area contributed by atoms with Crippen molar-refractivity contribution >= 4 is 49.7 Å². The van der Waals surface area contributed by atoms with Gasteiger partial charge in [-0.15, -0.1) is 0 Å². The Morgan fingerprint density at radius 2 is 2.03 bits per heavy atom. The monoisotopic (exact) mass is 447 g/mol. The van der Waals surface area contributed by atoms with Gasteiger partial charge in [0.1, 0.15) is 28.0 Å². The smallest absolute Gasteiger partial charge is 0.162 e. The van der Waals surface area contributed by atoms with Crippen LogP contribution in [0, 0.1) is 5.82 Å². The molecule has 10 heteroatoms. The first kappa shape index (κ1) is 20.5. The quantitative estimate of drug-likeness (QED) is 0.635. The lowest BCUT2D eigenvalue weighted by Gasteiger charge is -2.33. The van der Waals surface area contributed by atoms with E-state index in [1.807, 2.05) is 0 Å². The molecule has 0 radical (unpaired) electrons. The van der Waals surface area contributed by atoms with Crippen molar-refractivity contribution in [1.82, 2.24) is 9.97 Å².